The molecule has 0 aromatic rings. The van der Waals surface area contributed by atoms with Gasteiger partial charge in [-0.25, -0.2) is 0 Å². The zero-order valence-corrected chi connectivity index (χ0v) is 53.9. The van der Waals surface area contributed by atoms with Crippen LogP contribution in [-0.4, -0.2) is 37.2 Å². The van der Waals surface area contributed by atoms with Gasteiger partial charge >= 0.3 is 17.9 Å². The zero-order chi connectivity index (χ0) is 57.8. The van der Waals surface area contributed by atoms with Crippen LogP contribution in [0.15, 0.2) is 48.6 Å². The Kier molecular flexibility index (Phi) is 66.6. The first-order valence-electron chi connectivity index (χ1n) is 35.6. The predicted molar refractivity (Wildman–Crippen MR) is 349 cm³/mol. The summed E-state index contributed by atoms with van der Waals surface area (Å²) in [6, 6.07) is 0. The number of rotatable bonds is 66. The van der Waals surface area contributed by atoms with E-state index in [-0.39, 0.29) is 31.1 Å². The van der Waals surface area contributed by atoms with Crippen LogP contribution in [0.5, 0.6) is 0 Å². The Bertz CT molecular complexity index is 1380. The third kappa shape index (κ3) is 66.2. The van der Waals surface area contributed by atoms with Crippen LogP contribution in [0.2, 0.25) is 0 Å². The van der Waals surface area contributed by atoms with Crippen LogP contribution < -0.4 is 0 Å². The minimum atomic E-state index is -0.779. The van der Waals surface area contributed by atoms with Gasteiger partial charge in [-0.15, -0.1) is 0 Å². The quantitative estimate of drug-likeness (QED) is 0.0261. The van der Waals surface area contributed by atoms with Gasteiger partial charge in [0.05, 0.1) is 0 Å². The first-order valence-corrected chi connectivity index (χ1v) is 35.6. The van der Waals surface area contributed by atoms with Crippen molar-refractivity contribution >= 4 is 17.9 Å². The van der Waals surface area contributed by atoms with Gasteiger partial charge in [0, 0.05) is 19.3 Å². The highest BCUT2D eigenvalue weighted by Crippen LogP contribution is 2.18. The van der Waals surface area contributed by atoms with E-state index in [0.717, 1.165) is 77.0 Å². The number of esters is 3. The van der Waals surface area contributed by atoms with Crippen LogP contribution in [0.4, 0.5) is 0 Å². The molecular formula is C74H136O6. The average Bonchev–Trinajstić information content (AvgIpc) is 3.46. The van der Waals surface area contributed by atoms with Gasteiger partial charge in [0.1, 0.15) is 13.2 Å². The van der Waals surface area contributed by atoms with Crippen LogP contribution >= 0.6 is 0 Å². The lowest BCUT2D eigenvalue weighted by Crippen LogP contribution is -2.30. The summed E-state index contributed by atoms with van der Waals surface area (Å²) < 4.78 is 17.0. The molecule has 0 aliphatic heterocycles. The molecule has 6 heteroatoms. The lowest BCUT2D eigenvalue weighted by molar-refractivity contribution is -0.167. The topological polar surface area (TPSA) is 78.9 Å². The summed E-state index contributed by atoms with van der Waals surface area (Å²) in [5.41, 5.74) is 0. The summed E-state index contributed by atoms with van der Waals surface area (Å²) in [6.07, 6.45) is 87.0. The monoisotopic (exact) mass is 1120 g/mol. The van der Waals surface area contributed by atoms with E-state index in [0.29, 0.717) is 19.3 Å². The molecule has 0 saturated carbocycles. The van der Waals surface area contributed by atoms with E-state index in [4.69, 9.17) is 14.2 Å². The first-order chi connectivity index (χ1) is 39.5. The van der Waals surface area contributed by atoms with Crippen LogP contribution in [0.1, 0.15) is 387 Å². The summed E-state index contributed by atoms with van der Waals surface area (Å²) in [5.74, 6) is -0.859. The molecule has 0 saturated heterocycles. The molecule has 0 fully saturated rings. The van der Waals surface area contributed by atoms with Crippen molar-refractivity contribution in [3.8, 4) is 0 Å². The molecule has 0 radical (unpaired) electrons. The van der Waals surface area contributed by atoms with Gasteiger partial charge in [-0.05, 0) is 83.5 Å². The second kappa shape index (κ2) is 68.9. The molecule has 0 N–H and O–H groups in total. The van der Waals surface area contributed by atoms with E-state index in [1.54, 1.807) is 0 Å². The van der Waals surface area contributed by atoms with Gasteiger partial charge in [-0.1, -0.05) is 333 Å². The van der Waals surface area contributed by atoms with Crippen LogP contribution in [0.3, 0.4) is 0 Å². The van der Waals surface area contributed by atoms with Crippen molar-refractivity contribution < 1.29 is 28.6 Å². The maximum atomic E-state index is 13.0. The fraction of sp³-hybridized carbons (Fsp3) is 0.851. The summed E-state index contributed by atoms with van der Waals surface area (Å²) in [5, 5.41) is 0. The maximum Gasteiger partial charge on any atom is 0.306 e. The number of hydrogen-bond donors (Lipinski definition) is 0. The van der Waals surface area contributed by atoms with Crippen molar-refractivity contribution in [3.63, 3.8) is 0 Å². The molecule has 0 aliphatic rings. The zero-order valence-electron chi connectivity index (χ0n) is 53.9. The van der Waals surface area contributed by atoms with Gasteiger partial charge in [-0.2, -0.15) is 0 Å². The molecule has 80 heavy (non-hydrogen) atoms. The van der Waals surface area contributed by atoms with E-state index < -0.39 is 6.10 Å². The number of hydrogen-bond acceptors (Lipinski definition) is 6. The Morgan fingerprint density at radius 1 is 0.250 bits per heavy atom. The minimum absolute atomic E-state index is 0.0733. The predicted octanol–water partition coefficient (Wildman–Crippen LogP) is 24.5. The van der Waals surface area contributed by atoms with E-state index >= 15 is 0 Å². The van der Waals surface area contributed by atoms with Gasteiger partial charge in [0.25, 0.3) is 0 Å². The normalized spacial score (nSPS) is 12.3. The molecule has 0 aromatic heterocycles. The fourth-order valence-corrected chi connectivity index (χ4v) is 10.7. The van der Waals surface area contributed by atoms with Crippen molar-refractivity contribution in [2.45, 2.75) is 393 Å². The average molecular weight is 1120 g/mol. The Morgan fingerprint density at radius 2 is 0.450 bits per heavy atom. The standard InChI is InChI=1S/C74H136O6/c1-4-7-10-13-16-19-22-25-28-31-34-35-36-37-38-39-41-43-46-49-52-55-58-61-64-67-73(76)79-70-71(69-78-72(75)66-63-60-57-54-51-48-45-42-33-30-27-24-21-18-15-12-9-6-3)80-74(77)68-65-62-59-56-53-50-47-44-40-32-29-26-23-20-17-14-11-8-5-2/h17,20-21,24,26,29-30,33,71H,4-16,18-19,22-23,25,27-28,31-32,34-70H2,1-3H3/b20-17-,24-21-,29-26-,33-30-. The first kappa shape index (κ1) is 77.4. The van der Waals surface area contributed by atoms with Crippen LogP contribution in [0, 0.1) is 0 Å². The van der Waals surface area contributed by atoms with Gasteiger partial charge in [0.2, 0.25) is 0 Å². The van der Waals surface area contributed by atoms with Crippen LogP contribution in [0.25, 0.3) is 0 Å². The highest BCUT2D eigenvalue weighted by Gasteiger charge is 2.19. The number of carbonyl (C=O) groups is 3. The fourth-order valence-electron chi connectivity index (χ4n) is 10.7. The van der Waals surface area contributed by atoms with Crippen molar-refractivity contribution in [2.24, 2.45) is 0 Å². The number of ether oxygens (including phenoxy) is 3. The van der Waals surface area contributed by atoms with Crippen molar-refractivity contribution in [1.29, 1.82) is 0 Å². The molecule has 6 nitrogen and oxygen atoms in total. The molecular weight excluding hydrogens is 985 g/mol. The van der Waals surface area contributed by atoms with Crippen molar-refractivity contribution in [1.82, 2.24) is 0 Å². The third-order valence-electron chi connectivity index (χ3n) is 16.1. The Hall–Kier alpha value is -2.63. The van der Waals surface area contributed by atoms with E-state index in [1.807, 2.05) is 0 Å². The molecule has 0 aliphatic carbocycles. The number of allylic oxidation sites excluding steroid dienone is 8. The maximum absolute atomic E-state index is 13.0. The second-order valence-electron chi connectivity index (χ2n) is 24.1. The SMILES string of the molecule is CCCCC/C=C\C/C=C\CCCCCCCCCCCC(=O)OC(COC(=O)CCCCCCCCC/C=C\C/C=C\CCCCCC)COC(=O)CCCCCCCCCCCCCCCCCCCCCCCCCCC. The van der Waals surface area contributed by atoms with E-state index in [9.17, 15) is 14.4 Å². The van der Waals surface area contributed by atoms with E-state index in [1.165, 1.54) is 270 Å². The summed E-state index contributed by atoms with van der Waals surface area (Å²) in [7, 11) is 0. The number of unbranched alkanes of at least 4 members (excludes halogenated alkanes) is 47. The summed E-state index contributed by atoms with van der Waals surface area (Å²) in [6.45, 7) is 6.66. The van der Waals surface area contributed by atoms with Crippen molar-refractivity contribution in [3.05, 3.63) is 48.6 Å². The van der Waals surface area contributed by atoms with E-state index in [2.05, 4.69) is 69.4 Å². The summed E-state index contributed by atoms with van der Waals surface area (Å²) >= 11 is 0. The lowest BCUT2D eigenvalue weighted by atomic mass is 10.0. The molecule has 0 heterocycles. The minimum Gasteiger partial charge on any atom is -0.462 e. The van der Waals surface area contributed by atoms with Gasteiger partial charge in [-0.3, -0.25) is 14.4 Å². The molecule has 0 aromatic carbocycles. The highest BCUT2D eigenvalue weighted by molar-refractivity contribution is 5.71. The molecule has 0 rings (SSSR count). The molecule has 0 spiro atoms. The molecule has 1 atom stereocenters. The van der Waals surface area contributed by atoms with Gasteiger partial charge < -0.3 is 14.2 Å². The Labute approximate surface area is 498 Å². The largest absolute Gasteiger partial charge is 0.462 e. The smallest absolute Gasteiger partial charge is 0.306 e. The molecule has 468 valence electrons. The second-order valence-corrected chi connectivity index (χ2v) is 24.1. The Morgan fingerprint density at radius 3 is 0.725 bits per heavy atom. The molecule has 1 unspecified atom stereocenters. The lowest BCUT2D eigenvalue weighted by Gasteiger charge is -2.18. The third-order valence-corrected chi connectivity index (χ3v) is 16.1. The van der Waals surface area contributed by atoms with Gasteiger partial charge in [0.15, 0.2) is 6.10 Å². The molecule has 0 amide bonds. The van der Waals surface area contributed by atoms with Crippen LogP contribution in [-0.2, 0) is 28.6 Å². The van der Waals surface area contributed by atoms with Crippen molar-refractivity contribution in [2.75, 3.05) is 13.2 Å². The molecule has 0 bridgehead atoms. The summed E-state index contributed by atoms with van der Waals surface area (Å²) in [4.78, 5) is 38.5. The Balaban J connectivity index is 4.30. The number of carbonyl (C=O) groups excluding carboxylic acids is 3. The highest BCUT2D eigenvalue weighted by atomic mass is 16.6.